The number of carbonyl (C=O) groups is 2. The van der Waals surface area contributed by atoms with Crippen LogP contribution in [-0.4, -0.2) is 41.9 Å². The van der Waals surface area contributed by atoms with E-state index < -0.39 is 23.2 Å². The molecule has 0 aliphatic carbocycles. The Labute approximate surface area is 146 Å². The SMILES string of the molecule is COC(=O)c1cc(OCC(C)(C)NC(=O)OC(C)(C)C)cnc1Cl. The monoisotopic (exact) mass is 358 g/mol. The van der Waals surface area contributed by atoms with Gasteiger partial charge in [-0.2, -0.15) is 0 Å². The van der Waals surface area contributed by atoms with E-state index in [0.29, 0.717) is 5.75 Å². The predicted octanol–water partition coefficient (Wildman–Crippen LogP) is 3.20. The summed E-state index contributed by atoms with van der Waals surface area (Å²) in [4.78, 5) is 27.3. The van der Waals surface area contributed by atoms with Crippen molar-refractivity contribution < 1.29 is 23.8 Å². The standard InChI is InChI=1S/C16H23ClN2O5/c1-15(2,3)24-14(21)19-16(4,5)9-23-10-7-11(13(20)22-6)12(17)18-8-10/h7-8H,9H2,1-6H3,(H,19,21). The van der Waals surface area contributed by atoms with Crippen molar-refractivity contribution in [3.05, 3.63) is 23.0 Å². The molecule has 134 valence electrons. The van der Waals surface area contributed by atoms with Crippen molar-refractivity contribution in [2.75, 3.05) is 13.7 Å². The van der Waals surface area contributed by atoms with Crippen LogP contribution in [0.1, 0.15) is 45.0 Å². The van der Waals surface area contributed by atoms with E-state index in [9.17, 15) is 9.59 Å². The number of hydrogen-bond acceptors (Lipinski definition) is 6. The third-order valence-corrected chi connectivity index (χ3v) is 2.96. The molecule has 0 spiro atoms. The average molecular weight is 359 g/mol. The fraction of sp³-hybridized carbons (Fsp3) is 0.562. The number of nitrogens with one attached hydrogen (secondary N) is 1. The number of methoxy groups -OCH3 is 1. The van der Waals surface area contributed by atoms with Crippen LogP contribution in [0.5, 0.6) is 5.75 Å². The lowest BCUT2D eigenvalue weighted by Crippen LogP contribution is -2.49. The van der Waals surface area contributed by atoms with Crippen molar-refractivity contribution in [1.29, 1.82) is 0 Å². The maximum absolute atomic E-state index is 11.8. The predicted molar refractivity (Wildman–Crippen MR) is 89.5 cm³/mol. The minimum Gasteiger partial charge on any atom is -0.490 e. The van der Waals surface area contributed by atoms with Gasteiger partial charge in [0, 0.05) is 0 Å². The lowest BCUT2D eigenvalue weighted by atomic mass is 10.1. The number of aromatic nitrogens is 1. The number of nitrogens with zero attached hydrogens (tertiary/aromatic N) is 1. The van der Waals surface area contributed by atoms with Gasteiger partial charge in [0.15, 0.2) is 0 Å². The number of rotatable bonds is 5. The first-order valence-corrected chi connectivity index (χ1v) is 7.69. The molecule has 1 N–H and O–H groups in total. The molecule has 1 aromatic rings. The van der Waals surface area contributed by atoms with Gasteiger partial charge < -0.3 is 19.5 Å². The Kier molecular flexibility index (Phi) is 6.42. The van der Waals surface area contributed by atoms with E-state index in [1.165, 1.54) is 19.4 Å². The Hall–Kier alpha value is -2.02. The first kappa shape index (κ1) is 20.0. The van der Waals surface area contributed by atoms with Crippen LogP contribution in [0.25, 0.3) is 0 Å². The average Bonchev–Trinajstić information content (AvgIpc) is 2.43. The van der Waals surface area contributed by atoms with Gasteiger partial charge in [-0.25, -0.2) is 14.6 Å². The van der Waals surface area contributed by atoms with Gasteiger partial charge in [0.2, 0.25) is 0 Å². The molecule has 0 aromatic carbocycles. The zero-order valence-corrected chi connectivity index (χ0v) is 15.5. The lowest BCUT2D eigenvalue weighted by Gasteiger charge is -2.28. The van der Waals surface area contributed by atoms with Crippen LogP contribution >= 0.6 is 11.6 Å². The highest BCUT2D eigenvalue weighted by molar-refractivity contribution is 6.32. The van der Waals surface area contributed by atoms with Gasteiger partial charge in [0.25, 0.3) is 0 Å². The minimum absolute atomic E-state index is 0.0281. The Balaban J connectivity index is 2.70. The molecule has 0 atom stereocenters. The van der Waals surface area contributed by atoms with Gasteiger partial charge in [-0.05, 0) is 40.7 Å². The number of ether oxygens (including phenoxy) is 3. The zero-order valence-electron chi connectivity index (χ0n) is 14.7. The summed E-state index contributed by atoms with van der Waals surface area (Å²) < 4.78 is 15.4. The molecule has 0 aliphatic heterocycles. The fourth-order valence-electron chi connectivity index (χ4n) is 1.64. The highest BCUT2D eigenvalue weighted by Crippen LogP contribution is 2.21. The molecule has 1 amide bonds. The number of hydrogen-bond donors (Lipinski definition) is 1. The maximum atomic E-state index is 11.8. The minimum atomic E-state index is -0.701. The summed E-state index contributed by atoms with van der Waals surface area (Å²) in [5.41, 5.74) is -1.18. The molecule has 1 heterocycles. The Morgan fingerprint density at radius 1 is 1.25 bits per heavy atom. The molecule has 1 rings (SSSR count). The van der Waals surface area contributed by atoms with Crippen LogP contribution in [-0.2, 0) is 9.47 Å². The molecule has 0 saturated carbocycles. The summed E-state index contributed by atoms with van der Waals surface area (Å²) in [6.07, 6.45) is 0.846. The van der Waals surface area contributed by atoms with Gasteiger partial charge in [0.1, 0.15) is 28.7 Å². The molecule has 24 heavy (non-hydrogen) atoms. The third-order valence-electron chi connectivity index (χ3n) is 2.66. The molecule has 7 nitrogen and oxygen atoms in total. The summed E-state index contributed by atoms with van der Waals surface area (Å²) in [5.74, 6) is -0.275. The number of esters is 1. The molecule has 0 fully saturated rings. The Morgan fingerprint density at radius 2 is 1.88 bits per heavy atom. The van der Waals surface area contributed by atoms with Gasteiger partial charge >= 0.3 is 12.1 Å². The normalized spacial score (nSPS) is 11.6. The molecular weight excluding hydrogens is 336 g/mol. The van der Waals surface area contributed by atoms with E-state index in [1.807, 2.05) is 0 Å². The van der Waals surface area contributed by atoms with Crippen LogP contribution < -0.4 is 10.1 Å². The quantitative estimate of drug-likeness (QED) is 0.642. The summed E-state index contributed by atoms with van der Waals surface area (Å²) >= 11 is 5.85. The van der Waals surface area contributed by atoms with Crippen LogP contribution in [0.3, 0.4) is 0 Å². The van der Waals surface area contributed by atoms with Crippen molar-refractivity contribution in [2.24, 2.45) is 0 Å². The molecule has 8 heteroatoms. The number of carbonyl (C=O) groups excluding carboxylic acids is 2. The van der Waals surface area contributed by atoms with Crippen LogP contribution in [0.4, 0.5) is 4.79 Å². The van der Waals surface area contributed by atoms with Gasteiger partial charge in [0.05, 0.1) is 18.8 Å². The summed E-state index contributed by atoms with van der Waals surface area (Å²) in [5, 5.41) is 2.75. The molecule has 0 unspecified atom stereocenters. The van der Waals surface area contributed by atoms with Crippen LogP contribution in [0.2, 0.25) is 5.15 Å². The second-order valence-corrected chi connectivity index (χ2v) is 7.16. The topological polar surface area (TPSA) is 86.8 Å². The van der Waals surface area contributed by atoms with Crippen molar-refractivity contribution in [1.82, 2.24) is 10.3 Å². The summed E-state index contributed by atoms with van der Waals surface area (Å²) in [6, 6.07) is 1.44. The molecular formula is C16H23ClN2O5. The number of alkyl carbamates (subject to hydrolysis) is 1. The first-order valence-electron chi connectivity index (χ1n) is 7.31. The van der Waals surface area contributed by atoms with Crippen molar-refractivity contribution in [3.8, 4) is 5.75 Å². The second-order valence-electron chi connectivity index (χ2n) is 6.80. The second kappa shape index (κ2) is 7.70. The van der Waals surface area contributed by atoms with E-state index in [1.54, 1.807) is 34.6 Å². The lowest BCUT2D eigenvalue weighted by molar-refractivity contribution is 0.0441. The molecule has 0 bridgehead atoms. The highest BCUT2D eigenvalue weighted by Gasteiger charge is 2.25. The van der Waals surface area contributed by atoms with Crippen molar-refractivity contribution in [2.45, 2.75) is 45.8 Å². The zero-order chi connectivity index (χ0) is 18.5. The van der Waals surface area contributed by atoms with Gasteiger partial charge in [-0.3, -0.25) is 0 Å². The van der Waals surface area contributed by atoms with Gasteiger partial charge in [-0.15, -0.1) is 0 Å². The van der Waals surface area contributed by atoms with E-state index in [0.717, 1.165) is 0 Å². The first-order chi connectivity index (χ1) is 10.9. The maximum Gasteiger partial charge on any atom is 0.408 e. The Morgan fingerprint density at radius 3 is 2.42 bits per heavy atom. The van der Waals surface area contributed by atoms with Gasteiger partial charge in [-0.1, -0.05) is 11.6 Å². The third kappa shape index (κ3) is 6.62. The van der Waals surface area contributed by atoms with E-state index in [-0.39, 0.29) is 17.3 Å². The smallest absolute Gasteiger partial charge is 0.408 e. The fourth-order valence-corrected chi connectivity index (χ4v) is 1.82. The molecule has 0 aliphatic rings. The van der Waals surface area contributed by atoms with E-state index in [2.05, 4.69) is 15.0 Å². The van der Waals surface area contributed by atoms with E-state index in [4.69, 9.17) is 21.1 Å². The van der Waals surface area contributed by atoms with E-state index >= 15 is 0 Å². The Bertz CT molecular complexity index is 611. The summed E-state index contributed by atoms with van der Waals surface area (Å²) in [6.45, 7) is 9.04. The molecule has 1 aromatic heterocycles. The van der Waals surface area contributed by atoms with Crippen LogP contribution in [0, 0.1) is 0 Å². The molecule has 0 radical (unpaired) electrons. The van der Waals surface area contributed by atoms with Crippen molar-refractivity contribution in [3.63, 3.8) is 0 Å². The number of halogens is 1. The molecule has 0 saturated heterocycles. The number of amides is 1. The summed E-state index contributed by atoms with van der Waals surface area (Å²) in [7, 11) is 1.25. The largest absolute Gasteiger partial charge is 0.490 e. The number of pyridine rings is 1. The van der Waals surface area contributed by atoms with Crippen LogP contribution in [0.15, 0.2) is 12.3 Å². The van der Waals surface area contributed by atoms with Crippen molar-refractivity contribution >= 4 is 23.7 Å². The highest BCUT2D eigenvalue weighted by atomic mass is 35.5.